The fraction of sp³-hybridized carbons (Fsp3) is 1.00. The van der Waals surface area contributed by atoms with E-state index in [9.17, 15) is 0 Å². The highest BCUT2D eigenvalue weighted by Gasteiger charge is 2.20. The van der Waals surface area contributed by atoms with Crippen LogP contribution in [0.1, 0.15) is 44.9 Å². The minimum atomic E-state index is 0.775. The van der Waals surface area contributed by atoms with E-state index >= 15 is 0 Å². The largest absolute Gasteiger partial charge is 0.384 e. The Bertz CT molecular complexity index is 215. The van der Waals surface area contributed by atoms with Crippen LogP contribution in [0.3, 0.4) is 0 Å². The third-order valence-corrected chi connectivity index (χ3v) is 4.44. The zero-order chi connectivity index (χ0) is 12.6. The molecule has 2 atom stereocenters. The highest BCUT2D eigenvalue weighted by Crippen LogP contribution is 2.18. The Hall–Kier alpha value is -0.120. The summed E-state index contributed by atoms with van der Waals surface area (Å²) in [5, 5.41) is 3.65. The molecule has 2 heterocycles. The maximum absolute atomic E-state index is 5.29. The molecule has 0 bridgehead atoms. The smallest absolute Gasteiger partial charge is 0.0502 e. The number of hydrogen-bond donors (Lipinski definition) is 1. The second-order valence-electron chi connectivity index (χ2n) is 6.05. The topological polar surface area (TPSA) is 24.5 Å². The molecule has 0 radical (unpaired) electrons. The highest BCUT2D eigenvalue weighted by atomic mass is 16.5. The third kappa shape index (κ3) is 4.87. The Labute approximate surface area is 112 Å². The van der Waals surface area contributed by atoms with E-state index in [1.54, 1.807) is 0 Å². The minimum absolute atomic E-state index is 0.775. The summed E-state index contributed by atoms with van der Waals surface area (Å²) < 4.78 is 5.29. The quantitative estimate of drug-likeness (QED) is 0.787. The molecule has 0 saturated carbocycles. The minimum Gasteiger partial charge on any atom is -0.384 e. The molecule has 18 heavy (non-hydrogen) atoms. The lowest BCUT2D eigenvalue weighted by Gasteiger charge is -2.33. The van der Waals surface area contributed by atoms with Crippen molar-refractivity contribution in [3.63, 3.8) is 0 Å². The van der Waals surface area contributed by atoms with Gasteiger partial charge in [0, 0.05) is 19.7 Å². The van der Waals surface area contributed by atoms with E-state index < -0.39 is 0 Å². The molecular weight excluding hydrogens is 224 g/mol. The molecule has 3 nitrogen and oxygen atoms in total. The zero-order valence-corrected chi connectivity index (χ0v) is 12.0. The van der Waals surface area contributed by atoms with E-state index in [2.05, 4.69) is 10.2 Å². The van der Waals surface area contributed by atoms with Crippen LogP contribution in [0.4, 0.5) is 0 Å². The first-order valence-corrected chi connectivity index (χ1v) is 7.83. The van der Waals surface area contributed by atoms with Crippen LogP contribution in [-0.4, -0.2) is 50.8 Å². The van der Waals surface area contributed by atoms with Crippen molar-refractivity contribution >= 4 is 0 Å². The zero-order valence-electron chi connectivity index (χ0n) is 12.0. The predicted molar refractivity (Wildman–Crippen MR) is 75.9 cm³/mol. The summed E-state index contributed by atoms with van der Waals surface area (Å²) in [6.45, 7) is 6.04. The standard InChI is InChI=1S/C15H30N2O/c1-18-13-14-6-4-10-17(12-14)11-5-8-15-7-2-3-9-16-15/h14-16H,2-13H2,1H3. The molecular formula is C15H30N2O. The average molecular weight is 254 g/mol. The molecule has 2 rings (SSSR count). The monoisotopic (exact) mass is 254 g/mol. The van der Waals surface area contributed by atoms with Gasteiger partial charge in [0.05, 0.1) is 6.61 Å². The number of nitrogens with zero attached hydrogens (tertiary/aromatic N) is 1. The molecule has 106 valence electrons. The van der Waals surface area contributed by atoms with Crippen molar-refractivity contribution in [2.45, 2.75) is 51.0 Å². The van der Waals surface area contributed by atoms with Crippen molar-refractivity contribution in [1.29, 1.82) is 0 Å². The van der Waals surface area contributed by atoms with Crippen LogP contribution >= 0.6 is 0 Å². The maximum Gasteiger partial charge on any atom is 0.0502 e. The number of hydrogen-bond acceptors (Lipinski definition) is 3. The number of piperidine rings is 2. The maximum atomic E-state index is 5.29. The number of rotatable bonds is 6. The van der Waals surface area contributed by atoms with Gasteiger partial charge in [0.2, 0.25) is 0 Å². The van der Waals surface area contributed by atoms with E-state index in [1.807, 2.05) is 7.11 Å². The van der Waals surface area contributed by atoms with Crippen molar-refractivity contribution in [1.82, 2.24) is 10.2 Å². The summed E-state index contributed by atoms with van der Waals surface area (Å²) in [4.78, 5) is 2.65. The summed E-state index contributed by atoms with van der Waals surface area (Å²) in [5.41, 5.74) is 0. The summed E-state index contributed by atoms with van der Waals surface area (Å²) >= 11 is 0. The predicted octanol–water partition coefficient (Wildman–Crippen LogP) is 2.27. The lowest BCUT2D eigenvalue weighted by atomic mass is 9.97. The molecule has 0 aromatic heterocycles. The van der Waals surface area contributed by atoms with Gasteiger partial charge in [0.1, 0.15) is 0 Å². The fourth-order valence-corrected chi connectivity index (χ4v) is 3.46. The van der Waals surface area contributed by atoms with Gasteiger partial charge >= 0.3 is 0 Å². The summed E-state index contributed by atoms with van der Waals surface area (Å²) in [5.74, 6) is 0.775. The van der Waals surface area contributed by atoms with Gasteiger partial charge in [-0.2, -0.15) is 0 Å². The summed E-state index contributed by atoms with van der Waals surface area (Å²) in [6.07, 6.45) is 9.64. The lowest BCUT2D eigenvalue weighted by molar-refractivity contribution is 0.0893. The van der Waals surface area contributed by atoms with E-state index in [0.29, 0.717) is 0 Å². The van der Waals surface area contributed by atoms with Crippen LogP contribution in [0, 0.1) is 5.92 Å². The van der Waals surface area contributed by atoms with Gasteiger partial charge in [0.25, 0.3) is 0 Å². The molecule has 0 amide bonds. The number of nitrogens with one attached hydrogen (secondary N) is 1. The number of ether oxygens (including phenoxy) is 1. The number of methoxy groups -OCH3 is 1. The molecule has 2 unspecified atom stereocenters. The van der Waals surface area contributed by atoms with Gasteiger partial charge in [-0.25, -0.2) is 0 Å². The van der Waals surface area contributed by atoms with Crippen LogP contribution in [0.5, 0.6) is 0 Å². The van der Waals surface area contributed by atoms with Crippen molar-refractivity contribution < 1.29 is 4.74 Å². The summed E-state index contributed by atoms with van der Waals surface area (Å²) in [6, 6.07) is 0.804. The number of likely N-dealkylation sites (tertiary alicyclic amines) is 1. The lowest BCUT2D eigenvalue weighted by Crippen LogP contribution is -2.39. The highest BCUT2D eigenvalue weighted by molar-refractivity contribution is 4.75. The van der Waals surface area contributed by atoms with Gasteiger partial charge < -0.3 is 15.0 Å². The molecule has 2 saturated heterocycles. The molecule has 1 N–H and O–H groups in total. The van der Waals surface area contributed by atoms with Crippen LogP contribution in [0.2, 0.25) is 0 Å². The van der Waals surface area contributed by atoms with Crippen LogP contribution in [-0.2, 0) is 4.74 Å². The molecule has 2 aliphatic rings. The van der Waals surface area contributed by atoms with Crippen molar-refractivity contribution in [3.05, 3.63) is 0 Å². The molecule has 0 spiro atoms. The normalized spacial score (nSPS) is 30.5. The third-order valence-electron chi connectivity index (χ3n) is 4.44. The van der Waals surface area contributed by atoms with Crippen molar-refractivity contribution in [2.24, 2.45) is 5.92 Å². The van der Waals surface area contributed by atoms with Gasteiger partial charge in [-0.15, -0.1) is 0 Å². The molecule has 0 aromatic carbocycles. The second-order valence-corrected chi connectivity index (χ2v) is 6.05. The van der Waals surface area contributed by atoms with Gasteiger partial charge in [-0.3, -0.25) is 0 Å². The molecule has 2 aliphatic heterocycles. The SMILES string of the molecule is COCC1CCCN(CCCC2CCCCN2)C1. The van der Waals surface area contributed by atoms with Gasteiger partial charge in [-0.1, -0.05) is 6.42 Å². The molecule has 0 aliphatic carbocycles. The van der Waals surface area contributed by atoms with Crippen molar-refractivity contribution in [3.8, 4) is 0 Å². The molecule has 2 fully saturated rings. The van der Waals surface area contributed by atoms with E-state index in [4.69, 9.17) is 4.74 Å². The van der Waals surface area contributed by atoms with Crippen LogP contribution in [0.25, 0.3) is 0 Å². The van der Waals surface area contributed by atoms with E-state index in [-0.39, 0.29) is 0 Å². The Kier molecular flexibility index (Phi) is 6.46. The van der Waals surface area contributed by atoms with E-state index in [1.165, 1.54) is 71.1 Å². The first-order valence-electron chi connectivity index (χ1n) is 7.83. The van der Waals surface area contributed by atoms with Gasteiger partial charge in [0.15, 0.2) is 0 Å². The Balaban J connectivity index is 1.57. The average Bonchev–Trinajstić information content (AvgIpc) is 2.41. The Morgan fingerprint density at radius 1 is 1.22 bits per heavy atom. The Morgan fingerprint density at radius 3 is 2.94 bits per heavy atom. The summed E-state index contributed by atoms with van der Waals surface area (Å²) in [7, 11) is 1.83. The van der Waals surface area contributed by atoms with Crippen LogP contribution in [0.15, 0.2) is 0 Å². The molecule has 0 aromatic rings. The first kappa shape index (κ1) is 14.3. The first-order chi connectivity index (χ1) is 8.88. The fourth-order valence-electron chi connectivity index (χ4n) is 3.46. The van der Waals surface area contributed by atoms with E-state index in [0.717, 1.165) is 18.6 Å². The Morgan fingerprint density at radius 2 is 2.17 bits per heavy atom. The van der Waals surface area contributed by atoms with Crippen molar-refractivity contribution in [2.75, 3.05) is 39.9 Å². The molecule has 3 heteroatoms. The van der Waals surface area contributed by atoms with Crippen LogP contribution < -0.4 is 5.32 Å². The van der Waals surface area contributed by atoms with Gasteiger partial charge in [-0.05, 0) is 64.1 Å². The second kappa shape index (κ2) is 8.13.